The van der Waals surface area contributed by atoms with E-state index in [9.17, 15) is 17.6 Å². The summed E-state index contributed by atoms with van der Waals surface area (Å²) in [7, 11) is 0.757. The minimum Gasteiger partial charge on any atom is -0.346 e. The molecule has 0 bridgehead atoms. The smallest absolute Gasteiger partial charge is 0.303 e. The Morgan fingerprint density at radius 3 is 2.04 bits per heavy atom. The van der Waals surface area contributed by atoms with Gasteiger partial charge in [0, 0.05) is 26.7 Å². The van der Waals surface area contributed by atoms with Crippen molar-refractivity contribution in [3.63, 3.8) is 0 Å². The third kappa shape index (κ3) is 4.39. The van der Waals surface area contributed by atoms with Crippen molar-refractivity contribution >= 4 is 21.8 Å². The monoisotopic (exact) mass is 379 g/mol. The van der Waals surface area contributed by atoms with Crippen LogP contribution in [0.5, 0.6) is 0 Å². The van der Waals surface area contributed by atoms with Crippen molar-refractivity contribution in [2.45, 2.75) is 13.0 Å². The highest BCUT2D eigenvalue weighted by Crippen LogP contribution is 2.19. The molecular formula is C18H22FN3O3S. The number of rotatable bonds is 6. The van der Waals surface area contributed by atoms with E-state index >= 15 is 0 Å². The van der Waals surface area contributed by atoms with Crippen molar-refractivity contribution in [1.82, 2.24) is 9.62 Å². The molecule has 8 heteroatoms. The molecule has 0 unspecified atom stereocenters. The summed E-state index contributed by atoms with van der Waals surface area (Å²) in [5, 5.41) is 2.83. The molecule has 26 heavy (non-hydrogen) atoms. The third-order valence-electron chi connectivity index (χ3n) is 4.02. The molecule has 0 aromatic heterocycles. The Morgan fingerprint density at radius 2 is 1.54 bits per heavy atom. The number of nitrogens with zero attached hydrogens (tertiary/aromatic N) is 2. The van der Waals surface area contributed by atoms with E-state index in [1.807, 2.05) is 0 Å². The zero-order chi connectivity index (χ0) is 19.5. The Balaban J connectivity index is 2.10. The second-order valence-corrected chi connectivity index (χ2v) is 8.22. The molecule has 1 amide bonds. The van der Waals surface area contributed by atoms with Gasteiger partial charge in [-0.1, -0.05) is 12.1 Å². The van der Waals surface area contributed by atoms with Crippen molar-refractivity contribution < 1.29 is 17.6 Å². The van der Waals surface area contributed by atoms with E-state index in [4.69, 9.17) is 0 Å². The molecule has 6 nitrogen and oxygen atoms in total. The van der Waals surface area contributed by atoms with Crippen LogP contribution in [-0.2, 0) is 10.2 Å². The maximum absolute atomic E-state index is 13.0. The quantitative estimate of drug-likeness (QED) is 0.839. The normalized spacial score (nSPS) is 12.7. The zero-order valence-corrected chi connectivity index (χ0v) is 15.9. The second kappa shape index (κ2) is 7.84. The van der Waals surface area contributed by atoms with Gasteiger partial charge in [-0.2, -0.15) is 12.7 Å². The maximum Gasteiger partial charge on any atom is 0.303 e. The number of hydrogen-bond acceptors (Lipinski definition) is 3. The van der Waals surface area contributed by atoms with E-state index < -0.39 is 10.2 Å². The van der Waals surface area contributed by atoms with Crippen LogP contribution in [0.25, 0.3) is 0 Å². The van der Waals surface area contributed by atoms with Crippen LogP contribution in [0.2, 0.25) is 0 Å². The van der Waals surface area contributed by atoms with Crippen LogP contribution in [0, 0.1) is 5.82 Å². The standard InChI is InChI=1S/C18H22FN3O3S/c1-13(14-5-9-16(19)10-6-14)20-18(23)15-7-11-17(12-8-15)22(4)26(24,25)21(2)3/h5-13H,1-4H3,(H,20,23)/t13-/m1/s1. The average Bonchev–Trinajstić information content (AvgIpc) is 2.61. The third-order valence-corrected chi connectivity index (χ3v) is 5.84. The van der Waals surface area contributed by atoms with Gasteiger partial charge < -0.3 is 5.32 Å². The largest absolute Gasteiger partial charge is 0.346 e. The lowest BCUT2D eigenvalue weighted by Crippen LogP contribution is -2.37. The first kappa shape index (κ1) is 19.9. The molecule has 0 aliphatic rings. The van der Waals surface area contributed by atoms with Crippen LogP contribution in [0.1, 0.15) is 28.9 Å². The number of anilines is 1. The van der Waals surface area contributed by atoms with Crippen LogP contribution in [0.15, 0.2) is 48.5 Å². The average molecular weight is 379 g/mol. The first-order valence-corrected chi connectivity index (χ1v) is 9.35. The summed E-state index contributed by atoms with van der Waals surface area (Å²) in [6, 6.07) is 11.9. The highest BCUT2D eigenvalue weighted by atomic mass is 32.2. The van der Waals surface area contributed by atoms with Crippen molar-refractivity contribution in [2.75, 3.05) is 25.4 Å². The number of nitrogens with one attached hydrogen (secondary N) is 1. The Bertz CT molecular complexity index is 866. The Morgan fingerprint density at radius 1 is 1.00 bits per heavy atom. The van der Waals surface area contributed by atoms with Gasteiger partial charge in [0.05, 0.1) is 11.7 Å². The highest BCUT2D eigenvalue weighted by molar-refractivity contribution is 7.90. The van der Waals surface area contributed by atoms with Crippen LogP contribution in [0.4, 0.5) is 10.1 Å². The molecule has 1 N–H and O–H groups in total. The molecule has 0 heterocycles. The Hall–Kier alpha value is -2.45. The Kier molecular flexibility index (Phi) is 5.99. The van der Waals surface area contributed by atoms with Gasteiger partial charge in [0.1, 0.15) is 5.82 Å². The van der Waals surface area contributed by atoms with Gasteiger partial charge in [-0.15, -0.1) is 0 Å². The molecule has 0 fully saturated rings. The second-order valence-electron chi connectivity index (χ2n) is 6.05. The van der Waals surface area contributed by atoms with Gasteiger partial charge >= 0.3 is 10.2 Å². The number of hydrogen-bond donors (Lipinski definition) is 1. The van der Waals surface area contributed by atoms with Gasteiger partial charge in [-0.3, -0.25) is 9.10 Å². The van der Waals surface area contributed by atoms with Crippen LogP contribution in [0.3, 0.4) is 0 Å². The summed E-state index contributed by atoms with van der Waals surface area (Å²) in [6.45, 7) is 1.80. The summed E-state index contributed by atoms with van der Waals surface area (Å²) in [6.07, 6.45) is 0. The summed E-state index contributed by atoms with van der Waals surface area (Å²) in [5.74, 6) is -0.633. The molecule has 140 valence electrons. The number of halogens is 1. The minimum absolute atomic E-state index is 0.292. The molecule has 0 saturated heterocycles. The summed E-state index contributed by atoms with van der Waals surface area (Å²) in [5.41, 5.74) is 1.63. The lowest BCUT2D eigenvalue weighted by Gasteiger charge is -2.23. The van der Waals surface area contributed by atoms with E-state index in [1.165, 1.54) is 33.3 Å². The van der Waals surface area contributed by atoms with Crippen molar-refractivity contribution in [1.29, 1.82) is 0 Å². The number of benzene rings is 2. The molecule has 0 spiro atoms. The highest BCUT2D eigenvalue weighted by Gasteiger charge is 2.21. The van der Waals surface area contributed by atoms with Crippen LogP contribution in [-0.4, -0.2) is 39.8 Å². The zero-order valence-electron chi connectivity index (χ0n) is 15.1. The first-order chi connectivity index (χ1) is 12.1. The van der Waals surface area contributed by atoms with E-state index in [-0.39, 0.29) is 17.8 Å². The predicted molar refractivity (Wildman–Crippen MR) is 99.7 cm³/mol. The van der Waals surface area contributed by atoms with Gasteiger partial charge in [0.2, 0.25) is 0 Å². The number of carbonyl (C=O) groups excluding carboxylic acids is 1. The Labute approximate surface area is 153 Å². The van der Waals surface area contributed by atoms with Gasteiger partial charge in [-0.25, -0.2) is 4.39 Å². The van der Waals surface area contributed by atoms with E-state index in [0.29, 0.717) is 11.3 Å². The number of amides is 1. The molecule has 0 aliphatic heterocycles. The first-order valence-electron chi connectivity index (χ1n) is 7.95. The van der Waals surface area contributed by atoms with Gasteiger partial charge in [0.15, 0.2) is 0 Å². The summed E-state index contributed by atoms with van der Waals surface area (Å²) < 4.78 is 39.5. The molecule has 0 aliphatic carbocycles. The molecule has 1 atom stereocenters. The van der Waals surface area contributed by atoms with E-state index in [2.05, 4.69) is 5.32 Å². The molecule has 0 saturated carbocycles. The van der Waals surface area contributed by atoms with Crippen LogP contribution < -0.4 is 9.62 Å². The van der Waals surface area contributed by atoms with Crippen molar-refractivity contribution in [2.24, 2.45) is 0 Å². The summed E-state index contributed by atoms with van der Waals surface area (Å²) >= 11 is 0. The van der Waals surface area contributed by atoms with Crippen LogP contribution >= 0.6 is 0 Å². The lowest BCUT2D eigenvalue weighted by atomic mass is 10.1. The SMILES string of the molecule is C[C@@H](NC(=O)c1ccc(N(C)S(=O)(=O)N(C)C)cc1)c1ccc(F)cc1. The fourth-order valence-corrected chi connectivity index (χ4v) is 3.19. The number of carbonyl (C=O) groups is 1. The molecular weight excluding hydrogens is 357 g/mol. The topological polar surface area (TPSA) is 69.7 Å². The molecule has 2 aromatic rings. The van der Waals surface area contributed by atoms with Crippen molar-refractivity contribution in [3.8, 4) is 0 Å². The lowest BCUT2D eigenvalue weighted by molar-refractivity contribution is 0.0940. The van der Waals surface area contributed by atoms with Gasteiger partial charge in [-0.05, 0) is 48.9 Å². The van der Waals surface area contributed by atoms with Gasteiger partial charge in [0.25, 0.3) is 5.91 Å². The maximum atomic E-state index is 13.0. The molecule has 0 radical (unpaired) electrons. The fraction of sp³-hybridized carbons (Fsp3) is 0.278. The van der Waals surface area contributed by atoms with E-state index in [1.54, 1.807) is 43.3 Å². The molecule has 2 rings (SSSR count). The summed E-state index contributed by atoms with van der Waals surface area (Å²) in [4.78, 5) is 12.4. The van der Waals surface area contributed by atoms with E-state index in [0.717, 1.165) is 14.2 Å². The predicted octanol–water partition coefficient (Wildman–Crippen LogP) is 2.56. The molecule has 2 aromatic carbocycles. The van der Waals surface area contributed by atoms with Crippen molar-refractivity contribution in [3.05, 3.63) is 65.5 Å². The fourth-order valence-electron chi connectivity index (χ4n) is 2.32. The minimum atomic E-state index is -3.59.